The Balaban J connectivity index is 1.93. The van der Waals surface area contributed by atoms with Crippen LogP contribution in [0.2, 0.25) is 0 Å². The molecule has 1 heterocycles. The van der Waals surface area contributed by atoms with Crippen LogP contribution in [-0.2, 0) is 9.59 Å². The zero-order valence-electron chi connectivity index (χ0n) is 9.77. The van der Waals surface area contributed by atoms with Crippen LogP contribution in [0.15, 0.2) is 30.3 Å². The van der Waals surface area contributed by atoms with Crippen LogP contribution in [0.1, 0.15) is 31.4 Å². The molecule has 1 aromatic carbocycles. The summed E-state index contributed by atoms with van der Waals surface area (Å²) in [5, 5.41) is 5.56. The Kier molecular flexibility index (Phi) is 3.42. The average molecular weight is 232 g/mol. The normalized spacial score (nSPS) is 20.8. The van der Waals surface area contributed by atoms with E-state index in [2.05, 4.69) is 10.6 Å². The van der Waals surface area contributed by atoms with Gasteiger partial charge in [0.25, 0.3) is 0 Å². The summed E-state index contributed by atoms with van der Waals surface area (Å²) >= 11 is 0. The van der Waals surface area contributed by atoms with Crippen LogP contribution in [0.3, 0.4) is 0 Å². The molecule has 0 radical (unpaired) electrons. The summed E-state index contributed by atoms with van der Waals surface area (Å²) in [4.78, 5) is 22.9. The van der Waals surface area contributed by atoms with Crippen molar-refractivity contribution in [2.24, 2.45) is 0 Å². The fourth-order valence-corrected chi connectivity index (χ4v) is 1.95. The first-order chi connectivity index (χ1) is 8.16. The maximum Gasteiger partial charge on any atom is 0.243 e. The molecule has 1 aliphatic rings. The predicted molar refractivity (Wildman–Crippen MR) is 64.2 cm³/mol. The highest BCUT2D eigenvalue weighted by Crippen LogP contribution is 2.13. The Morgan fingerprint density at radius 1 is 1.41 bits per heavy atom. The van der Waals surface area contributed by atoms with Gasteiger partial charge in [-0.05, 0) is 18.9 Å². The molecule has 17 heavy (non-hydrogen) atoms. The number of benzene rings is 1. The first-order valence-corrected chi connectivity index (χ1v) is 5.81. The second-order valence-electron chi connectivity index (χ2n) is 4.30. The van der Waals surface area contributed by atoms with Crippen LogP contribution in [0.4, 0.5) is 0 Å². The minimum Gasteiger partial charge on any atom is -0.348 e. The van der Waals surface area contributed by atoms with E-state index < -0.39 is 0 Å². The van der Waals surface area contributed by atoms with Crippen molar-refractivity contribution in [2.45, 2.75) is 31.8 Å². The molecule has 0 spiro atoms. The Morgan fingerprint density at radius 2 is 2.12 bits per heavy atom. The quantitative estimate of drug-likeness (QED) is 0.821. The smallest absolute Gasteiger partial charge is 0.243 e. The summed E-state index contributed by atoms with van der Waals surface area (Å²) in [6.07, 6.45) is 1.03. The lowest BCUT2D eigenvalue weighted by molar-refractivity contribution is -0.126. The maximum atomic E-state index is 11.8. The molecular weight excluding hydrogens is 216 g/mol. The van der Waals surface area contributed by atoms with Gasteiger partial charge in [0, 0.05) is 6.42 Å². The Labute approximate surface area is 100 Å². The molecule has 0 saturated carbocycles. The summed E-state index contributed by atoms with van der Waals surface area (Å²) in [6.45, 7) is 1.93. The number of carbonyl (C=O) groups is 2. The van der Waals surface area contributed by atoms with Gasteiger partial charge in [0.1, 0.15) is 6.04 Å². The number of hydrogen-bond acceptors (Lipinski definition) is 2. The van der Waals surface area contributed by atoms with Crippen molar-refractivity contribution in [3.05, 3.63) is 35.9 Å². The van der Waals surface area contributed by atoms with Crippen molar-refractivity contribution in [2.75, 3.05) is 0 Å². The highest BCUT2D eigenvalue weighted by molar-refractivity contribution is 5.90. The summed E-state index contributed by atoms with van der Waals surface area (Å²) < 4.78 is 0. The Bertz CT molecular complexity index is 417. The van der Waals surface area contributed by atoms with E-state index in [9.17, 15) is 9.59 Å². The molecule has 1 aliphatic heterocycles. The predicted octanol–water partition coefficient (Wildman–Crippen LogP) is 1.14. The van der Waals surface area contributed by atoms with Gasteiger partial charge in [0.15, 0.2) is 0 Å². The second-order valence-corrected chi connectivity index (χ2v) is 4.30. The van der Waals surface area contributed by atoms with Gasteiger partial charge in [0.2, 0.25) is 11.8 Å². The number of carbonyl (C=O) groups excluding carboxylic acids is 2. The molecule has 4 heteroatoms. The third-order valence-corrected chi connectivity index (χ3v) is 2.97. The third-order valence-electron chi connectivity index (χ3n) is 2.97. The Morgan fingerprint density at radius 3 is 2.71 bits per heavy atom. The van der Waals surface area contributed by atoms with E-state index in [0.717, 1.165) is 5.56 Å². The molecule has 1 saturated heterocycles. The Hall–Kier alpha value is -1.84. The first kappa shape index (κ1) is 11.6. The third kappa shape index (κ3) is 2.84. The zero-order chi connectivity index (χ0) is 12.3. The van der Waals surface area contributed by atoms with Gasteiger partial charge in [-0.3, -0.25) is 9.59 Å². The molecule has 0 aliphatic carbocycles. The molecule has 4 nitrogen and oxygen atoms in total. The number of hydrogen-bond donors (Lipinski definition) is 2. The molecule has 1 aromatic rings. The standard InChI is InChI=1S/C13H16N2O2/c1-9(10-5-3-2-4-6-10)14-13(17)11-7-8-12(16)15-11/h2-6,9,11H,7-8H2,1H3,(H,14,17)(H,15,16)/t9-,11+/m1/s1. The van der Waals surface area contributed by atoms with E-state index in [4.69, 9.17) is 0 Å². The SMILES string of the molecule is C[C@@H](NC(=O)[C@@H]1CCC(=O)N1)c1ccccc1. The lowest BCUT2D eigenvalue weighted by Gasteiger charge is -2.17. The molecule has 0 aromatic heterocycles. The van der Waals surface area contributed by atoms with Crippen molar-refractivity contribution in [3.63, 3.8) is 0 Å². The van der Waals surface area contributed by atoms with E-state index in [0.29, 0.717) is 12.8 Å². The molecule has 2 amide bonds. The first-order valence-electron chi connectivity index (χ1n) is 5.81. The van der Waals surface area contributed by atoms with Crippen LogP contribution in [0.5, 0.6) is 0 Å². The van der Waals surface area contributed by atoms with Gasteiger partial charge >= 0.3 is 0 Å². The van der Waals surface area contributed by atoms with E-state index in [1.807, 2.05) is 37.3 Å². The van der Waals surface area contributed by atoms with Gasteiger partial charge in [-0.2, -0.15) is 0 Å². The lowest BCUT2D eigenvalue weighted by atomic mass is 10.1. The van der Waals surface area contributed by atoms with Gasteiger partial charge in [0.05, 0.1) is 6.04 Å². The summed E-state index contributed by atoms with van der Waals surface area (Å²) in [5.41, 5.74) is 1.06. The molecule has 2 atom stereocenters. The second kappa shape index (κ2) is 4.99. The molecule has 2 N–H and O–H groups in total. The fraction of sp³-hybridized carbons (Fsp3) is 0.385. The monoisotopic (exact) mass is 232 g/mol. The molecule has 1 fully saturated rings. The minimum absolute atomic E-state index is 0.0406. The van der Waals surface area contributed by atoms with Crippen molar-refractivity contribution >= 4 is 11.8 Å². The van der Waals surface area contributed by atoms with Gasteiger partial charge in [-0.25, -0.2) is 0 Å². The number of rotatable bonds is 3. The minimum atomic E-state index is -0.367. The maximum absolute atomic E-state index is 11.8. The molecular formula is C13H16N2O2. The number of nitrogens with one attached hydrogen (secondary N) is 2. The lowest BCUT2D eigenvalue weighted by Crippen LogP contribution is -2.42. The van der Waals surface area contributed by atoms with Crippen molar-refractivity contribution in [1.29, 1.82) is 0 Å². The van der Waals surface area contributed by atoms with Crippen molar-refractivity contribution in [3.8, 4) is 0 Å². The molecule has 90 valence electrons. The van der Waals surface area contributed by atoms with Crippen LogP contribution >= 0.6 is 0 Å². The topological polar surface area (TPSA) is 58.2 Å². The summed E-state index contributed by atoms with van der Waals surface area (Å²) in [6, 6.07) is 9.35. The van der Waals surface area contributed by atoms with E-state index >= 15 is 0 Å². The molecule has 0 unspecified atom stereocenters. The summed E-state index contributed by atoms with van der Waals surface area (Å²) in [7, 11) is 0. The van der Waals surface area contributed by atoms with Gasteiger partial charge < -0.3 is 10.6 Å². The van der Waals surface area contributed by atoms with E-state index in [-0.39, 0.29) is 23.9 Å². The van der Waals surface area contributed by atoms with E-state index in [1.54, 1.807) is 0 Å². The largest absolute Gasteiger partial charge is 0.348 e. The highest BCUT2D eigenvalue weighted by atomic mass is 16.2. The number of amides is 2. The summed E-state index contributed by atoms with van der Waals surface area (Å²) in [5.74, 6) is -0.148. The van der Waals surface area contributed by atoms with E-state index in [1.165, 1.54) is 0 Å². The molecule has 0 bridgehead atoms. The van der Waals surface area contributed by atoms with Crippen LogP contribution in [0.25, 0.3) is 0 Å². The zero-order valence-corrected chi connectivity index (χ0v) is 9.77. The van der Waals surface area contributed by atoms with Gasteiger partial charge in [-0.15, -0.1) is 0 Å². The fourth-order valence-electron chi connectivity index (χ4n) is 1.95. The van der Waals surface area contributed by atoms with Gasteiger partial charge in [-0.1, -0.05) is 30.3 Å². The average Bonchev–Trinajstić information content (AvgIpc) is 2.77. The van der Waals surface area contributed by atoms with Crippen molar-refractivity contribution in [1.82, 2.24) is 10.6 Å². The van der Waals surface area contributed by atoms with Crippen LogP contribution < -0.4 is 10.6 Å². The highest BCUT2D eigenvalue weighted by Gasteiger charge is 2.27. The van der Waals surface area contributed by atoms with Crippen LogP contribution in [0, 0.1) is 0 Å². The molecule has 2 rings (SSSR count). The van der Waals surface area contributed by atoms with Crippen LogP contribution in [-0.4, -0.2) is 17.9 Å². The van der Waals surface area contributed by atoms with Crippen molar-refractivity contribution < 1.29 is 9.59 Å².